The summed E-state index contributed by atoms with van der Waals surface area (Å²) in [6.07, 6.45) is 79.9. The van der Waals surface area contributed by atoms with Gasteiger partial charge in [-0.25, -0.2) is 0 Å². The number of allylic oxidation sites excluding steroid dienone is 8. The third-order valence-corrected chi connectivity index (χ3v) is 14.8. The van der Waals surface area contributed by atoms with Crippen LogP contribution in [0.2, 0.25) is 0 Å². The molecule has 0 aromatic heterocycles. The Hall–Kier alpha value is -2.63. The van der Waals surface area contributed by atoms with Crippen molar-refractivity contribution in [3.8, 4) is 0 Å². The fraction of sp³-hybridized carbons (Fsp3) is 0.841. The molecule has 75 heavy (non-hydrogen) atoms. The summed E-state index contributed by atoms with van der Waals surface area (Å²) in [5.41, 5.74) is 0. The van der Waals surface area contributed by atoms with Crippen LogP contribution in [0.25, 0.3) is 0 Å². The van der Waals surface area contributed by atoms with Gasteiger partial charge in [0.1, 0.15) is 13.2 Å². The van der Waals surface area contributed by atoms with Gasteiger partial charge >= 0.3 is 17.9 Å². The number of carbonyl (C=O) groups excluding carboxylic acids is 3. The molecule has 1 unspecified atom stereocenters. The van der Waals surface area contributed by atoms with E-state index in [0.29, 0.717) is 19.3 Å². The van der Waals surface area contributed by atoms with Crippen LogP contribution >= 0.6 is 0 Å². The van der Waals surface area contributed by atoms with Gasteiger partial charge in [-0.05, 0) is 103 Å². The van der Waals surface area contributed by atoms with Gasteiger partial charge in [-0.2, -0.15) is 0 Å². The lowest BCUT2D eigenvalue weighted by molar-refractivity contribution is -0.167. The molecule has 0 spiro atoms. The number of hydrogen-bond acceptors (Lipinski definition) is 6. The van der Waals surface area contributed by atoms with Crippen molar-refractivity contribution in [1.82, 2.24) is 0 Å². The molecule has 0 bridgehead atoms. The number of carbonyl (C=O) groups is 3. The highest BCUT2D eigenvalue weighted by Crippen LogP contribution is 2.17. The Kier molecular flexibility index (Phi) is 61.7. The largest absolute Gasteiger partial charge is 0.462 e. The molecule has 0 aliphatic heterocycles. The van der Waals surface area contributed by atoms with Gasteiger partial charge in [0.05, 0.1) is 0 Å². The maximum atomic E-state index is 12.9. The highest BCUT2D eigenvalue weighted by Gasteiger charge is 2.19. The molecule has 0 saturated heterocycles. The first kappa shape index (κ1) is 72.4. The third-order valence-electron chi connectivity index (χ3n) is 14.8. The van der Waals surface area contributed by atoms with E-state index in [1.165, 1.54) is 225 Å². The molecule has 0 radical (unpaired) electrons. The number of hydrogen-bond donors (Lipinski definition) is 0. The second-order valence-electron chi connectivity index (χ2n) is 22.4. The number of rotatable bonds is 61. The topological polar surface area (TPSA) is 78.9 Å². The van der Waals surface area contributed by atoms with Crippen LogP contribution in [0.5, 0.6) is 0 Å². The first-order chi connectivity index (χ1) is 37.0. The van der Waals surface area contributed by atoms with Crippen LogP contribution in [0.4, 0.5) is 0 Å². The SMILES string of the molecule is CCCCC/C=C\CCCCCCCC(=O)OCC(COC(=O)CCCCCCCCCCCCCCCCCCC/C=C\CCCCCCCCCC)OC(=O)CCCCCCC/C=C\C/C=C\CCCCCC. The quantitative estimate of drug-likeness (QED) is 0.0261. The number of ether oxygens (including phenoxy) is 3. The maximum absolute atomic E-state index is 12.9. The van der Waals surface area contributed by atoms with Crippen LogP contribution in [0.3, 0.4) is 0 Å². The van der Waals surface area contributed by atoms with Crippen molar-refractivity contribution < 1.29 is 28.6 Å². The lowest BCUT2D eigenvalue weighted by Gasteiger charge is -2.18. The standard InChI is InChI=1S/C69H126O6/c1-4-7-10-13-16-19-22-25-27-29-30-31-32-33-34-35-36-37-38-39-40-41-43-44-47-50-53-56-59-62-68(71)74-65-66(64-73-67(70)61-58-55-52-49-46-24-21-18-15-12-9-6-3)75-69(72)63-60-57-54-51-48-45-42-28-26-23-20-17-14-11-8-5-2/h18,20-21,23,28-30,42,66H,4-17,19,22,24-27,31-41,43-65H2,1-3H3/b21-18-,23-20-,30-29-,42-28-. The third kappa shape index (κ3) is 62.1. The van der Waals surface area contributed by atoms with Gasteiger partial charge in [-0.15, -0.1) is 0 Å². The van der Waals surface area contributed by atoms with Crippen LogP contribution in [0.15, 0.2) is 48.6 Å². The van der Waals surface area contributed by atoms with Crippen molar-refractivity contribution >= 4 is 17.9 Å². The molecular formula is C69H126O6. The van der Waals surface area contributed by atoms with Crippen molar-refractivity contribution in [2.45, 2.75) is 361 Å². The van der Waals surface area contributed by atoms with E-state index in [0.717, 1.165) is 89.9 Å². The molecule has 0 heterocycles. The molecule has 438 valence electrons. The lowest BCUT2D eigenvalue weighted by atomic mass is 10.0. The van der Waals surface area contributed by atoms with E-state index >= 15 is 0 Å². The zero-order valence-corrected chi connectivity index (χ0v) is 50.3. The van der Waals surface area contributed by atoms with Crippen LogP contribution in [0.1, 0.15) is 355 Å². The molecule has 0 amide bonds. The van der Waals surface area contributed by atoms with Crippen molar-refractivity contribution in [3.05, 3.63) is 48.6 Å². The first-order valence-corrected chi connectivity index (χ1v) is 33.1. The smallest absolute Gasteiger partial charge is 0.306 e. The van der Waals surface area contributed by atoms with Gasteiger partial charge < -0.3 is 14.2 Å². The van der Waals surface area contributed by atoms with E-state index in [1.54, 1.807) is 0 Å². The van der Waals surface area contributed by atoms with E-state index in [-0.39, 0.29) is 31.1 Å². The monoisotopic (exact) mass is 1050 g/mol. The maximum Gasteiger partial charge on any atom is 0.306 e. The first-order valence-electron chi connectivity index (χ1n) is 33.1. The molecule has 0 aliphatic carbocycles. The molecule has 0 saturated carbocycles. The normalized spacial score (nSPS) is 12.3. The highest BCUT2D eigenvalue weighted by molar-refractivity contribution is 5.71. The van der Waals surface area contributed by atoms with E-state index in [2.05, 4.69) is 69.4 Å². The summed E-state index contributed by atoms with van der Waals surface area (Å²) < 4.78 is 16.9. The fourth-order valence-electron chi connectivity index (χ4n) is 9.76. The van der Waals surface area contributed by atoms with E-state index < -0.39 is 6.10 Å². The van der Waals surface area contributed by atoms with Crippen molar-refractivity contribution in [2.24, 2.45) is 0 Å². The zero-order valence-electron chi connectivity index (χ0n) is 50.3. The summed E-state index contributed by atoms with van der Waals surface area (Å²) in [4.78, 5) is 38.2. The average Bonchev–Trinajstić information content (AvgIpc) is 3.41. The second-order valence-corrected chi connectivity index (χ2v) is 22.4. The molecule has 0 aliphatic rings. The predicted octanol–water partition coefficient (Wildman–Crippen LogP) is 22.6. The van der Waals surface area contributed by atoms with Gasteiger partial charge in [-0.1, -0.05) is 281 Å². The molecule has 0 aromatic rings. The van der Waals surface area contributed by atoms with Crippen LogP contribution in [0, 0.1) is 0 Å². The van der Waals surface area contributed by atoms with Crippen LogP contribution in [-0.4, -0.2) is 37.2 Å². The molecule has 6 heteroatoms. The minimum Gasteiger partial charge on any atom is -0.462 e. The number of unbranched alkanes of at least 4 members (excludes halogenated alkanes) is 42. The van der Waals surface area contributed by atoms with Gasteiger partial charge in [0.15, 0.2) is 6.10 Å². The molecule has 1 atom stereocenters. The minimum atomic E-state index is -0.783. The Morgan fingerprint density at radius 1 is 0.267 bits per heavy atom. The van der Waals surface area contributed by atoms with Gasteiger partial charge in [0.2, 0.25) is 0 Å². The van der Waals surface area contributed by atoms with E-state index in [4.69, 9.17) is 14.2 Å². The predicted molar refractivity (Wildman–Crippen MR) is 325 cm³/mol. The molecule has 0 N–H and O–H groups in total. The van der Waals surface area contributed by atoms with Crippen molar-refractivity contribution in [1.29, 1.82) is 0 Å². The molecule has 0 fully saturated rings. The molecule has 0 rings (SSSR count). The summed E-state index contributed by atoms with van der Waals surface area (Å²) in [7, 11) is 0. The average molecular weight is 1050 g/mol. The summed E-state index contributed by atoms with van der Waals surface area (Å²) in [5.74, 6) is -0.883. The Bertz CT molecular complexity index is 1300. The Morgan fingerprint density at radius 2 is 0.480 bits per heavy atom. The van der Waals surface area contributed by atoms with Gasteiger partial charge in [0.25, 0.3) is 0 Å². The van der Waals surface area contributed by atoms with Crippen molar-refractivity contribution in [2.75, 3.05) is 13.2 Å². The second kappa shape index (κ2) is 63.9. The number of esters is 3. The van der Waals surface area contributed by atoms with E-state index in [1.807, 2.05) is 0 Å². The molecule has 6 nitrogen and oxygen atoms in total. The Morgan fingerprint density at radius 3 is 0.787 bits per heavy atom. The lowest BCUT2D eigenvalue weighted by Crippen LogP contribution is -2.30. The highest BCUT2D eigenvalue weighted by atomic mass is 16.6. The van der Waals surface area contributed by atoms with Gasteiger partial charge in [-0.3, -0.25) is 14.4 Å². The summed E-state index contributed by atoms with van der Waals surface area (Å²) in [5, 5.41) is 0. The van der Waals surface area contributed by atoms with Crippen LogP contribution < -0.4 is 0 Å². The van der Waals surface area contributed by atoms with Gasteiger partial charge in [0, 0.05) is 19.3 Å². The molecular weight excluding hydrogens is 925 g/mol. The fourth-order valence-corrected chi connectivity index (χ4v) is 9.76. The summed E-state index contributed by atoms with van der Waals surface area (Å²) in [6.45, 7) is 6.63. The zero-order chi connectivity index (χ0) is 54.3. The summed E-state index contributed by atoms with van der Waals surface area (Å²) >= 11 is 0. The minimum absolute atomic E-state index is 0.0785. The van der Waals surface area contributed by atoms with Crippen molar-refractivity contribution in [3.63, 3.8) is 0 Å². The van der Waals surface area contributed by atoms with Crippen LogP contribution in [-0.2, 0) is 28.6 Å². The Labute approximate surface area is 467 Å². The van der Waals surface area contributed by atoms with E-state index in [9.17, 15) is 14.4 Å². The molecule has 0 aromatic carbocycles. The Balaban J connectivity index is 4.17. The summed E-state index contributed by atoms with van der Waals surface area (Å²) in [6, 6.07) is 0.